The monoisotopic (exact) mass is 273 g/mol. The molecule has 3 rings (SSSR count). The van der Waals surface area contributed by atoms with E-state index in [4.69, 9.17) is 0 Å². The van der Waals surface area contributed by atoms with Crippen molar-refractivity contribution >= 4 is 11.9 Å². The van der Waals surface area contributed by atoms with E-state index in [1.807, 2.05) is 0 Å². The first kappa shape index (κ1) is 12.0. The third kappa shape index (κ3) is 2.36. The van der Waals surface area contributed by atoms with Crippen LogP contribution < -0.4 is 5.32 Å². The maximum Gasteiger partial charge on any atom is 0.278 e. The van der Waals surface area contributed by atoms with E-state index in [0.717, 1.165) is 0 Å². The number of tetrazole rings is 1. The first-order chi connectivity index (χ1) is 9.72. The van der Waals surface area contributed by atoms with Gasteiger partial charge < -0.3 is 0 Å². The summed E-state index contributed by atoms with van der Waals surface area (Å²) in [5.41, 5.74) is 0.823. The fourth-order valence-corrected chi connectivity index (χ4v) is 1.56. The van der Waals surface area contributed by atoms with Gasteiger partial charge in [-0.15, -0.1) is 5.10 Å². The van der Waals surface area contributed by atoms with E-state index in [-0.39, 0.29) is 17.5 Å². The van der Waals surface area contributed by atoms with Gasteiger partial charge in [0, 0.05) is 6.20 Å². The van der Waals surface area contributed by atoms with Crippen molar-refractivity contribution in [2.45, 2.75) is 0 Å². The number of nitrogens with one attached hydrogen (secondary N) is 2. The Hall–Kier alpha value is -3.10. The molecular weight excluding hydrogens is 265 g/mol. The predicted molar refractivity (Wildman–Crippen MR) is 65.7 cm³/mol. The topological polar surface area (TPSA) is 101 Å². The highest BCUT2D eigenvalue weighted by molar-refractivity contribution is 6.01. The Morgan fingerprint density at radius 3 is 2.75 bits per heavy atom. The van der Waals surface area contributed by atoms with Crippen LogP contribution in [0.4, 0.5) is 10.3 Å². The summed E-state index contributed by atoms with van der Waals surface area (Å²) < 4.78 is 14.3. The molecule has 1 amide bonds. The molecule has 0 aliphatic heterocycles. The molecule has 0 spiro atoms. The van der Waals surface area contributed by atoms with Crippen LogP contribution >= 0.6 is 0 Å². The number of hydrogen-bond donors (Lipinski definition) is 2. The van der Waals surface area contributed by atoms with Crippen LogP contribution in [-0.4, -0.2) is 36.3 Å². The fourth-order valence-electron chi connectivity index (χ4n) is 1.56. The molecule has 1 aromatic carbocycles. The van der Waals surface area contributed by atoms with Gasteiger partial charge in [0.15, 0.2) is 5.69 Å². The van der Waals surface area contributed by atoms with E-state index in [0.29, 0.717) is 5.69 Å². The Morgan fingerprint density at radius 1 is 1.25 bits per heavy atom. The summed E-state index contributed by atoms with van der Waals surface area (Å²) in [5, 5.41) is 19.2. The third-order valence-electron chi connectivity index (χ3n) is 2.48. The Balaban J connectivity index is 1.79. The minimum atomic E-state index is -0.465. The van der Waals surface area contributed by atoms with Crippen LogP contribution in [0.3, 0.4) is 0 Å². The van der Waals surface area contributed by atoms with Crippen molar-refractivity contribution in [3.05, 3.63) is 48.0 Å². The van der Waals surface area contributed by atoms with Gasteiger partial charge in [0.25, 0.3) is 11.9 Å². The van der Waals surface area contributed by atoms with E-state index in [9.17, 15) is 9.18 Å². The number of anilines is 1. The summed E-state index contributed by atoms with van der Waals surface area (Å²) in [6.07, 6.45) is 1.60. The molecule has 0 fully saturated rings. The highest BCUT2D eigenvalue weighted by atomic mass is 19.1. The molecule has 0 aliphatic rings. The first-order valence-corrected chi connectivity index (χ1v) is 5.59. The maximum atomic E-state index is 12.8. The number of rotatable bonds is 3. The first-order valence-electron chi connectivity index (χ1n) is 5.59. The van der Waals surface area contributed by atoms with Gasteiger partial charge in [-0.3, -0.25) is 10.1 Å². The molecule has 8 nitrogen and oxygen atoms in total. The summed E-state index contributed by atoms with van der Waals surface area (Å²) >= 11 is 0. The van der Waals surface area contributed by atoms with Crippen LogP contribution in [0.2, 0.25) is 0 Å². The van der Waals surface area contributed by atoms with Crippen molar-refractivity contribution in [2.24, 2.45) is 0 Å². The Labute approximate surface area is 111 Å². The zero-order valence-electron chi connectivity index (χ0n) is 9.99. The molecular formula is C11H8FN7O. The molecule has 0 atom stereocenters. The largest absolute Gasteiger partial charge is 0.286 e. The Bertz CT molecular complexity index is 720. The number of carbonyl (C=O) groups excluding carboxylic acids is 1. The van der Waals surface area contributed by atoms with Crippen LogP contribution in [-0.2, 0) is 0 Å². The van der Waals surface area contributed by atoms with E-state index in [2.05, 4.69) is 31.0 Å². The van der Waals surface area contributed by atoms with Gasteiger partial charge in [-0.25, -0.2) is 9.07 Å². The zero-order chi connectivity index (χ0) is 13.9. The van der Waals surface area contributed by atoms with Gasteiger partial charge in [0.2, 0.25) is 0 Å². The summed E-state index contributed by atoms with van der Waals surface area (Å²) in [6, 6.07) is 7.28. The quantitative estimate of drug-likeness (QED) is 0.734. The summed E-state index contributed by atoms with van der Waals surface area (Å²) in [7, 11) is 0. The van der Waals surface area contributed by atoms with Gasteiger partial charge in [-0.05, 0) is 35.5 Å². The van der Waals surface area contributed by atoms with Crippen molar-refractivity contribution in [1.29, 1.82) is 0 Å². The number of amides is 1. The lowest BCUT2D eigenvalue weighted by molar-refractivity contribution is 0.102. The van der Waals surface area contributed by atoms with Crippen LogP contribution in [0.25, 0.3) is 5.69 Å². The lowest BCUT2D eigenvalue weighted by Gasteiger charge is -2.00. The number of aromatic amines is 1. The number of carbonyl (C=O) groups is 1. The number of benzene rings is 1. The molecule has 0 unspecified atom stereocenters. The summed E-state index contributed by atoms with van der Waals surface area (Å²) in [4.78, 5) is 11.8. The predicted octanol–water partition coefficient (Wildman–Crippen LogP) is 0.777. The number of nitrogens with zero attached hydrogens (tertiary/aromatic N) is 5. The average Bonchev–Trinajstić information content (AvgIpc) is 3.10. The standard InChI is InChI=1S/C11H8FN7O/c12-7-1-3-8(4-2-7)19-6-5-9(16-19)10(20)13-11-14-17-18-15-11/h1-6H,(H2,13,14,15,17,18,20). The van der Waals surface area contributed by atoms with Crippen LogP contribution in [0.1, 0.15) is 10.5 Å². The second-order valence-electron chi connectivity index (χ2n) is 3.81. The number of aromatic nitrogens is 6. The van der Waals surface area contributed by atoms with Crippen molar-refractivity contribution in [3.63, 3.8) is 0 Å². The van der Waals surface area contributed by atoms with Crippen LogP contribution in [0.5, 0.6) is 0 Å². The minimum Gasteiger partial charge on any atom is -0.286 e. The lowest BCUT2D eigenvalue weighted by atomic mass is 10.3. The second-order valence-corrected chi connectivity index (χ2v) is 3.81. The molecule has 0 radical (unpaired) electrons. The Kier molecular flexibility index (Phi) is 2.92. The highest BCUT2D eigenvalue weighted by Crippen LogP contribution is 2.09. The van der Waals surface area contributed by atoms with E-state index >= 15 is 0 Å². The van der Waals surface area contributed by atoms with E-state index in [1.54, 1.807) is 18.3 Å². The maximum absolute atomic E-state index is 12.8. The van der Waals surface area contributed by atoms with Crippen molar-refractivity contribution in [1.82, 2.24) is 30.4 Å². The molecule has 9 heteroatoms. The molecule has 3 aromatic rings. The Morgan fingerprint density at radius 2 is 2.05 bits per heavy atom. The average molecular weight is 273 g/mol. The third-order valence-corrected chi connectivity index (χ3v) is 2.48. The zero-order valence-corrected chi connectivity index (χ0v) is 9.99. The second kappa shape index (κ2) is 4.88. The molecule has 0 aliphatic carbocycles. The molecule has 100 valence electrons. The van der Waals surface area contributed by atoms with Crippen molar-refractivity contribution in [3.8, 4) is 5.69 Å². The van der Waals surface area contributed by atoms with Gasteiger partial charge in [0.1, 0.15) is 5.82 Å². The van der Waals surface area contributed by atoms with Crippen molar-refractivity contribution < 1.29 is 9.18 Å². The van der Waals surface area contributed by atoms with Gasteiger partial charge in [-0.2, -0.15) is 10.3 Å². The molecule has 2 aromatic heterocycles. The normalized spacial score (nSPS) is 10.4. The number of hydrogen-bond acceptors (Lipinski definition) is 5. The molecule has 2 heterocycles. The molecule has 0 saturated heterocycles. The fraction of sp³-hybridized carbons (Fsp3) is 0. The van der Waals surface area contributed by atoms with Crippen LogP contribution in [0.15, 0.2) is 36.5 Å². The van der Waals surface area contributed by atoms with Gasteiger partial charge in [0.05, 0.1) is 5.69 Å². The molecule has 0 saturated carbocycles. The number of halogens is 1. The summed E-state index contributed by atoms with van der Waals surface area (Å²) in [5.74, 6) is -0.741. The molecule has 2 N–H and O–H groups in total. The minimum absolute atomic E-state index is 0.0614. The van der Waals surface area contributed by atoms with Gasteiger partial charge >= 0.3 is 0 Å². The SMILES string of the molecule is O=C(Nc1nn[nH]n1)c1ccn(-c2ccc(F)cc2)n1. The smallest absolute Gasteiger partial charge is 0.278 e. The molecule has 20 heavy (non-hydrogen) atoms. The van der Waals surface area contributed by atoms with E-state index < -0.39 is 5.91 Å². The van der Waals surface area contributed by atoms with Crippen LogP contribution in [0, 0.1) is 5.82 Å². The lowest BCUT2D eigenvalue weighted by Crippen LogP contribution is -2.14. The molecule has 0 bridgehead atoms. The highest BCUT2D eigenvalue weighted by Gasteiger charge is 2.12. The van der Waals surface area contributed by atoms with Crippen molar-refractivity contribution in [2.75, 3.05) is 5.32 Å². The van der Waals surface area contributed by atoms with E-state index in [1.165, 1.54) is 22.9 Å². The number of H-pyrrole nitrogens is 1. The van der Waals surface area contributed by atoms with Gasteiger partial charge in [-0.1, -0.05) is 5.10 Å². The summed E-state index contributed by atoms with van der Waals surface area (Å²) in [6.45, 7) is 0.